The van der Waals surface area contributed by atoms with Gasteiger partial charge in [0.05, 0.1) is 22.7 Å². The van der Waals surface area contributed by atoms with Crippen LogP contribution in [-0.4, -0.2) is 42.7 Å². The Kier molecular flexibility index (Phi) is 5.40. The number of hydrogen-bond acceptors (Lipinski definition) is 7. The predicted octanol–water partition coefficient (Wildman–Crippen LogP) is 1.66. The number of aliphatic hydroxyl groups is 1. The Morgan fingerprint density at radius 2 is 1.86 bits per heavy atom. The number of amides is 1. The first-order chi connectivity index (χ1) is 13.3. The normalized spacial score (nSPS) is 11.9. The predicted molar refractivity (Wildman–Crippen MR) is 101 cm³/mol. The monoisotopic (exact) mass is 403 g/mol. The van der Waals surface area contributed by atoms with Gasteiger partial charge >= 0.3 is 0 Å². The lowest BCUT2D eigenvalue weighted by Gasteiger charge is -2.03. The molecule has 3 aromatic rings. The number of aromatic nitrogens is 1. The summed E-state index contributed by atoms with van der Waals surface area (Å²) in [7, 11) is -3.80. The van der Waals surface area contributed by atoms with Crippen LogP contribution in [0.1, 0.15) is 10.4 Å². The number of fused-ring (bicyclic) bond motifs is 1. The van der Waals surface area contributed by atoms with Gasteiger partial charge in [-0.15, -0.1) is 5.11 Å². The molecule has 2 aromatic carbocycles. The number of nitrogens with zero attached hydrogens (tertiary/aromatic N) is 2. The number of azo groups is 1. The molecule has 0 unspecified atom stereocenters. The van der Waals surface area contributed by atoms with Gasteiger partial charge in [0, 0.05) is 17.5 Å². The summed E-state index contributed by atoms with van der Waals surface area (Å²) in [5.41, 5.74) is 1.35. The minimum Gasteiger partial charge on any atom is -0.493 e. The molecule has 3 rings (SSSR count). The molecule has 0 bridgehead atoms. The van der Waals surface area contributed by atoms with E-state index < -0.39 is 10.0 Å². The van der Waals surface area contributed by atoms with Gasteiger partial charge in [-0.05, 0) is 42.5 Å². The zero-order valence-corrected chi connectivity index (χ0v) is 15.3. The first kappa shape index (κ1) is 19.5. The van der Waals surface area contributed by atoms with Gasteiger partial charge in [-0.25, -0.2) is 13.6 Å². The molecule has 0 fully saturated rings. The molecule has 0 saturated carbocycles. The summed E-state index contributed by atoms with van der Waals surface area (Å²) in [4.78, 5) is 14.7. The minimum absolute atomic E-state index is 0.0556. The molecule has 1 heterocycles. The minimum atomic E-state index is -3.80. The Morgan fingerprint density at radius 1 is 1.14 bits per heavy atom. The number of sulfonamides is 1. The van der Waals surface area contributed by atoms with Gasteiger partial charge in [0.25, 0.3) is 5.91 Å². The molecule has 0 atom stereocenters. The molecule has 1 aromatic heterocycles. The average molecular weight is 403 g/mol. The maximum atomic E-state index is 12.0. The van der Waals surface area contributed by atoms with E-state index in [0.29, 0.717) is 22.2 Å². The van der Waals surface area contributed by atoms with Crippen molar-refractivity contribution in [3.63, 3.8) is 0 Å². The maximum Gasteiger partial charge on any atom is 0.251 e. The zero-order chi connectivity index (χ0) is 20.3. The lowest BCUT2D eigenvalue weighted by molar-refractivity contribution is 0.0945. The summed E-state index contributed by atoms with van der Waals surface area (Å²) in [6.07, 6.45) is 0. The second-order valence-corrected chi connectivity index (χ2v) is 7.36. The van der Waals surface area contributed by atoms with Gasteiger partial charge in [0.2, 0.25) is 15.9 Å². The molecule has 10 nitrogen and oxygen atoms in total. The van der Waals surface area contributed by atoms with Crippen molar-refractivity contribution in [1.82, 2.24) is 10.3 Å². The van der Waals surface area contributed by atoms with Crippen LogP contribution >= 0.6 is 0 Å². The number of aromatic amines is 1. The van der Waals surface area contributed by atoms with Crippen molar-refractivity contribution in [1.29, 1.82) is 0 Å². The molecule has 0 saturated heterocycles. The lowest BCUT2D eigenvalue weighted by Crippen LogP contribution is -2.26. The average Bonchev–Trinajstić information content (AvgIpc) is 2.98. The van der Waals surface area contributed by atoms with Gasteiger partial charge in [-0.2, -0.15) is 5.11 Å². The fourth-order valence-corrected chi connectivity index (χ4v) is 3.00. The van der Waals surface area contributed by atoms with Crippen molar-refractivity contribution >= 4 is 38.2 Å². The maximum absolute atomic E-state index is 12.0. The molecule has 0 aliphatic rings. The summed E-state index contributed by atoms with van der Waals surface area (Å²) in [6.45, 7) is -0.0566. The molecule has 11 heteroatoms. The number of benzene rings is 2. The fourth-order valence-electron chi connectivity index (χ4n) is 2.49. The van der Waals surface area contributed by atoms with Crippen LogP contribution in [0.2, 0.25) is 0 Å². The van der Waals surface area contributed by atoms with E-state index in [1.165, 1.54) is 30.3 Å². The van der Waals surface area contributed by atoms with Crippen LogP contribution in [-0.2, 0) is 10.0 Å². The standard InChI is InChI=1S/C17H17N5O5S/c18-28(26,27)12-4-2-11(3-5-12)21-22-15-13-9-10(16(24)19-7-8-23)1-6-14(13)20-17(15)25/h1-6,9,20,23,25H,7-8H2,(H,19,24)(H2,18,26,27). The zero-order valence-electron chi connectivity index (χ0n) is 14.5. The highest BCUT2D eigenvalue weighted by molar-refractivity contribution is 7.89. The van der Waals surface area contributed by atoms with Crippen molar-refractivity contribution in [3.05, 3.63) is 48.0 Å². The number of nitrogens with two attached hydrogens (primary N) is 1. The Bertz CT molecular complexity index is 1150. The van der Waals surface area contributed by atoms with E-state index in [0.717, 1.165) is 0 Å². The third kappa shape index (κ3) is 4.17. The summed E-state index contributed by atoms with van der Waals surface area (Å²) < 4.78 is 22.5. The van der Waals surface area contributed by atoms with E-state index in [2.05, 4.69) is 20.5 Å². The van der Waals surface area contributed by atoms with Crippen LogP contribution < -0.4 is 10.5 Å². The van der Waals surface area contributed by atoms with E-state index in [1.807, 2.05) is 0 Å². The third-order valence-corrected chi connectivity index (χ3v) is 4.77. The lowest BCUT2D eigenvalue weighted by atomic mass is 10.1. The van der Waals surface area contributed by atoms with Gasteiger partial charge in [0.15, 0.2) is 5.69 Å². The molecule has 0 spiro atoms. The van der Waals surface area contributed by atoms with Crippen LogP contribution in [0.3, 0.4) is 0 Å². The molecule has 0 radical (unpaired) electrons. The molecule has 146 valence electrons. The van der Waals surface area contributed by atoms with Crippen molar-refractivity contribution in [2.24, 2.45) is 15.4 Å². The van der Waals surface area contributed by atoms with Gasteiger partial charge in [0.1, 0.15) is 0 Å². The van der Waals surface area contributed by atoms with E-state index in [9.17, 15) is 18.3 Å². The smallest absolute Gasteiger partial charge is 0.251 e. The highest BCUT2D eigenvalue weighted by atomic mass is 32.2. The third-order valence-electron chi connectivity index (χ3n) is 3.84. The topological polar surface area (TPSA) is 170 Å². The molecular weight excluding hydrogens is 386 g/mol. The van der Waals surface area contributed by atoms with E-state index in [1.54, 1.807) is 12.1 Å². The highest BCUT2D eigenvalue weighted by Gasteiger charge is 2.14. The Labute approximate surface area is 159 Å². The van der Waals surface area contributed by atoms with Crippen LogP contribution in [0.4, 0.5) is 11.4 Å². The van der Waals surface area contributed by atoms with Crippen molar-refractivity contribution in [3.8, 4) is 5.88 Å². The number of carbonyl (C=O) groups is 1. The summed E-state index contributed by atoms with van der Waals surface area (Å²) >= 11 is 0. The number of primary sulfonamides is 1. The summed E-state index contributed by atoms with van der Waals surface area (Å²) in [6, 6.07) is 10.1. The SMILES string of the molecule is NS(=O)(=O)c1ccc(N=Nc2c(O)[nH]c3ccc(C(=O)NCCO)cc23)cc1. The molecule has 1 amide bonds. The molecule has 6 N–H and O–H groups in total. The Morgan fingerprint density at radius 3 is 2.50 bits per heavy atom. The number of rotatable bonds is 6. The number of aromatic hydroxyl groups is 1. The second-order valence-electron chi connectivity index (χ2n) is 5.80. The Hall–Kier alpha value is -3.28. The first-order valence-electron chi connectivity index (χ1n) is 8.08. The number of nitrogens with one attached hydrogen (secondary N) is 2. The number of H-pyrrole nitrogens is 1. The quantitative estimate of drug-likeness (QED) is 0.393. The largest absolute Gasteiger partial charge is 0.493 e. The van der Waals surface area contributed by atoms with Crippen molar-refractivity contribution in [2.75, 3.05) is 13.2 Å². The molecular formula is C17H17N5O5S. The highest BCUT2D eigenvalue weighted by Crippen LogP contribution is 2.36. The molecule has 0 aliphatic heterocycles. The van der Waals surface area contributed by atoms with E-state index >= 15 is 0 Å². The fraction of sp³-hybridized carbons (Fsp3) is 0.118. The van der Waals surface area contributed by atoms with Crippen molar-refractivity contribution in [2.45, 2.75) is 4.90 Å². The number of hydrogen-bond donors (Lipinski definition) is 5. The van der Waals surface area contributed by atoms with Crippen LogP contribution in [0.25, 0.3) is 10.9 Å². The second kappa shape index (κ2) is 7.76. The van der Waals surface area contributed by atoms with E-state index in [4.69, 9.17) is 10.2 Å². The Balaban J connectivity index is 1.92. The van der Waals surface area contributed by atoms with Gasteiger partial charge in [-0.1, -0.05) is 0 Å². The van der Waals surface area contributed by atoms with Gasteiger partial charge < -0.3 is 20.5 Å². The van der Waals surface area contributed by atoms with Gasteiger partial charge in [-0.3, -0.25) is 4.79 Å². The van der Waals surface area contributed by atoms with Crippen LogP contribution in [0.5, 0.6) is 5.88 Å². The number of carbonyl (C=O) groups excluding carboxylic acids is 1. The number of aliphatic hydroxyl groups excluding tert-OH is 1. The first-order valence-corrected chi connectivity index (χ1v) is 9.62. The summed E-state index contributed by atoms with van der Waals surface area (Å²) in [5.74, 6) is -0.606. The molecule has 0 aliphatic carbocycles. The van der Waals surface area contributed by atoms with Crippen LogP contribution in [0.15, 0.2) is 57.6 Å². The summed E-state index contributed by atoms with van der Waals surface area (Å²) in [5, 5.41) is 34.9. The van der Waals surface area contributed by atoms with E-state index in [-0.39, 0.29) is 35.5 Å². The molecule has 28 heavy (non-hydrogen) atoms. The van der Waals surface area contributed by atoms with Crippen LogP contribution in [0, 0.1) is 0 Å². The van der Waals surface area contributed by atoms with Crippen molar-refractivity contribution < 1.29 is 23.4 Å².